The normalized spacial score (nSPS) is 20.2. The summed E-state index contributed by atoms with van der Waals surface area (Å²) in [4.78, 5) is 0. The molecular formula is C12H16F2N2O. The van der Waals surface area contributed by atoms with Gasteiger partial charge < -0.3 is 15.4 Å². The number of rotatable bonds is 4. The van der Waals surface area contributed by atoms with E-state index in [-0.39, 0.29) is 11.8 Å². The van der Waals surface area contributed by atoms with Gasteiger partial charge in [0.05, 0.1) is 18.4 Å². The molecule has 0 aliphatic carbocycles. The van der Waals surface area contributed by atoms with Crippen molar-refractivity contribution in [3.63, 3.8) is 0 Å². The van der Waals surface area contributed by atoms with E-state index in [9.17, 15) is 8.78 Å². The van der Waals surface area contributed by atoms with Crippen LogP contribution in [0.3, 0.4) is 0 Å². The van der Waals surface area contributed by atoms with Crippen LogP contribution in [0.2, 0.25) is 0 Å². The zero-order valence-electron chi connectivity index (χ0n) is 9.51. The average molecular weight is 242 g/mol. The maximum absolute atomic E-state index is 13.3. The van der Waals surface area contributed by atoms with E-state index in [0.717, 1.165) is 37.7 Å². The molecule has 0 amide bonds. The van der Waals surface area contributed by atoms with Crippen molar-refractivity contribution in [2.45, 2.75) is 12.5 Å². The van der Waals surface area contributed by atoms with E-state index >= 15 is 0 Å². The molecule has 0 spiro atoms. The Morgan fingerprint density at radius 1 is 1.41 bits per heavy atom. The second-order valence-corrected chi connectivity index (χ2v) is 4.04. The number of morpholine rings is 1. The third-order valence-electron chi connectivity index (χ3n) is 2.71. The molecule has 2 N–H and O–H groups in total. The quantitative estimate of drug-likeness (QED) is 0.844. The zero-order valence-corrected chi connectivity index (χ0v) is 9.51. The topological polar surface area (TPSA) is 33.3 Å². The van der Waals surface area contributed by atoms with E-state index in [1.807, 2.05) is 0 Å². The third kappa shape index (κ3) is 3.64. The number of nitrogens with one attached hydrogen (secondary N) is 2. The lowest BCUT2D eigenvalue weighted by Crippen LogP contribution is -2.39. The fourth-order valence-electron chi connectivity index (χ4n) is 1.81. The molecule has 1 saturated heterocycles. The summed E-state index contributed by atoms with van der Waals surface area (Å²) in [5, 5.41) is 6.10. The highest BCUT2D eigenvalue weighted by Gasteiger charge is 2.12. The van der Waals surface area contributed by atoms with Crippen LogP contribution in [0.25, 0.3) is 0 Å². The maximum atomic E-state index is 13.3. The van der Waals surface area contributed by atoms with Crippen molar-refractivity contribution < 1.29 is 13.5 Å². The number of benzene rings is 1. The van der Waals surface area contributed by atoms with Gasteiger partial charge in [-0.05, 0) is 24.6 Å². The molecule has 1 heterocycles. The number of ether oxygens (including phenoxy) is 1. The molecule has 1 unspecified atom stereocenters. The van der Waals surface area contributed by atoms with E-state index in [4.69, 9.17) is 4.74 Å². The summed E-state index contributed by atoms with van der Waals surface area (Å²) in [6.07, 6.45) is 0.913. The Morgan fingerprint density at radius 3 is 3.06 bits per heavy atom. The Bertz CT molecular complexity index is 368. The van der Waals surface area contributed by atoms with Gasteiger partial charge >= 0.3 is 0 Å². The molecule has 1 aliphatic rings. The van der Waals surface area contributed by atoms with Crippen LogP contribution in [-0.4, -0.2) is 32.3 Å². The fraction of sp³-hybridized carbons (Fsp3) is 0.500. The molecule has 1 fully saturated rings. The zero-order chi connectivity index (χ0) is 12.1. The second-order valence-electron chi connectivity index (χ2n) is 4.04. The van der Waals surface area contributed by atoms with Gasteiger partial charge in [0, 0.05) is 19.6 Å². The Hall–Kier alpha value is -1.20. The third-order valence-corrected chi connectivity index (χ3v) is 2.71. The first-order chi connectivity index (χ1) is 8.25. The lowest BCUT2D eigenvalue weighted by Gasteiger charge is -2.23. The summed E-state index contributed by atoms with van der Waals surface area (Å²) >= 11 is 0. The van der Waals surface area contributed by atoms with Crippen molar-refractivity contribution in [2.24, 2.45) is 0 Å². The van der Waals surface area contributed by atoms with Gasteiger partial charge in [0.1, 0.15) is 11.6 Å². The molecule has 17 heavy (non-hydrogen) atoms. The van der Waals surface area contributed by atoms with Crippen molar-refractivity contribution in [1.29, 1.82) is 0 Å². The number of anilines is 1. The van der Waals surface area contributed by atoms with Gasteiger partial charge in [0.2, 0.25) is 0 Å². The van der Waals surface area contributed by atoms with Crippen LogP contribution in [0.1, 0.15) is 6.42 Å². The van der Waals surface area contributed by atoms with Gasteiger partial charge in [0.25, 0.3) is 0 Å². The highest BCUT2D eigenvalue weighted by Crippen LogP contribution is 2.15. The molecule has 0 aromatic heterocycles. The Labute approximate surface area is 99.2 Å². The highest BCUT2D eigenvalue weighted by molar-refractivity contribution is 5.44. The minimum atomic E-state index is -0.440. The van der Waals surface area contributed by atoms with Gasteiger partial charge in [0.15, 0.2) is 0 Å². The first-order valence-electron chi connectivity index (χ1n) is 5.77. The monoisotopic (exact) mass is 242 g/mol. The standard InChI is InChI=1S/C12H16F2N2O/c13-9-1-2-11(14)12(7-9)16-4-3-10-8-15-5-6-17-10/h1-2,7,10,15-16H,3-6,8H2. The predicted octanol–water partition coefficient (Wildman–Crippen LogP) is 1.76. The maximum Gasteiger partial charge on any atom is 0.146 e. The van der Waals surface area contributed by atoms with Gasteiger partial charge in [-0.2, -0.15) is 0 Å². The van der Waals surface area contributed by atoms with Crippen molar-refractivity contribution in [2.75, 3.05) is 31.6 Å². The highest BCUT2D eigenvalue weighted by atomic mass is 19.1. The van der Waals surface area contributed by atoms with Crippen LogP contribution in [0.15, 0.2) is 18.2 Å². The molecule has 94 valence electrons. The molecule has 2 rings (SSSR count). The average Bonchev–Trinajstić information content (AvgIpc) is 2.35. The molecule has 1 aromatic rings. The number of halogens is 2. The summed E-state index contributed by atoms with van der Waals surface area (Å²) in [7, 11) is 0. The summed E-state index contributed by atoms with van der Waals surface area (Å²) in [6.45, 7) is 2.96. The van der Waals surface area contributed by atoms with E-state index in [1.165, 1.54) is 0 Å². The molecule has 1 aromatic carbocycles. The molecule has 3 nitrogen and oxygen atoms in total. The van der Waals surface area contributed by atoms with E-state index in [2.05, 4.69) is 10.6 Å². The van der Waals surface area contributed by atoms with Crippen LogP contribution in [0.4, 0.5) is 14.5 Å². The first-order valence-corrected chi connectivity index (χ1v) is 5.77. The van der Waals surface area contributed by atoms with Crippen LogP contribution in [-0.2, 0) is 4.74 Å². The molecule has 1 aliphatic heterocycles. The van der Waals surface area contributed by atoms with Crippen LogP contribution in [0, 0.1) is 11.6 Å². The van der Waals surface area contributed by atoms with Gasteiger partial charge in [-0.1, -0.05) is 0 Å². The van der Waals surface area contributed by atoms with Gasteiger partial charge in [-0.15, -0.1) is 0 Å². The van der Waals surface area contributed by atoms with Gasteiger partial charge in [-0.25, -0.2) is 8.78 Å². The van der Waals surface area contributed by atoms with Crippen LogP contribution in [0.5, 0.6) is 0 Å². The Morgan fingerprint density at radius 2 is 2.29 bits per heavy atom. The SMILES string of the molecule is Fc1ccc(F)c(NCCC2CNCCO2)c1. The van der Waals surface area contributed by atoms with Crippen molar-refractivity contribution in [1.82, 2.24) is 5.32 Å². The summed E-state index contributed by atoms with van der Waals surface area (Å²) < 4.78 is 31.6. The predicted molar refractivity (Wildman–Crippen MR) is 62.1 cm³/mol. The number of hydrogen-bond acceptors (Lipinski definition) is 3. The van der Waals surface area contributed by atoms with Crippen LogP contribution < -0.4 is 10.6 Å². The number of hydrogen-bond donors (Lipinski definition) is 2. The molecule has 1 atom stereocenters. The Kier molecular flexibility index (Phi) is 4.28. The van der Waals surface area contributed by atoms with Crippen molar-refractivity contribution in [3.8, 4) is 0 Å². The van der Waals surface area contributed by atoms with Crippen molar-refractivity contribution in [3.05, 3.63) is 29.8 Å². The summed E-state index contributed by atoms with van der Waals surface area (Å²) in [6, 6.07) is 3.39. The molecule has 0 radical (unpaired) electrons. The molecular weight excluding hydrogens is 226 g/mol. The fourth-order valence-corrected chi connectivity index (χ4v) is 1.81. The van der Waals surface area contributed by atoms with Crippen molar-refractivity contribution >= 4 is 5.69 Å². The lowest BCUT2D eigenvalue weighted by atomic mass is 10.2. The van der Waals surface area contributed by atoms with Crippen LogP contribution >= 0.6 is 0 Å². The second kappa shape index (κ2) is 5.93. The minimum absolute atomic E-state index is 0.146. The minimum Gasteiger partial charge on any atom is -0.382 e. The lowest BCUT2D eigenvalue weighted by molar-refractivity contribution is 0.0258. The van der Waals surface area contributed by atoms with E-state index in [1.54, 1.807) is 0 Å². The largest absolute Gasteiger partial charge is 0.382 e. The molecule has 0 saturated carbocycles. The molecule has 0 bridgehead atoms. The first kappa shape index (κ1) is 12.3. The molecule has 5 heteroatoms. The summed E-state index contributed by atoms with van der Waals surface area (Å²) in [5.41, 5.74) is 0.203. The van der Waals surface area contributed by atoms with Gasteiger partial charge in [-0.3, -0.25) is 0 Å². The smallest absolute Gasteiger partial charge is 0.146 e. The Balaban J connectivity index is 1.79. The van der Waals surface area contributed by atoms with E-state index < -0.39 is 11.6 Å². The summed E-state index contributed by atoms with van der Waals surface area (Å²) in [5.74, 6) is -0.876. The van der Waals surface area contributed by atoms with E-state index in [0.29, 0.717) is 13.2 Å².